The van der Waals surface area contributed by atoms with E-state index >= 15 is 0 Å². The van der Waals surface area contributed by atoms with Gasteiger partial charge in [-0.2, -0.15) is 4.31 Å². The molecule has 0 atom stereocenters. The van der Waals surface area contributed by atoms with Gasteiger partial charge in [0.25, 0.3) is 0 Å². The fourth-order valence-corrected chi connectivity index (χ4v) is 7.02. The topological polar surface area (TPSA) is 50.3 Å². The molecular formula is C20H20N2O2S3. The minimum absolute atomic E-state index is 0.409. The molecule has 7 heteroatoms. The van der Waals surface area contributed by atoms with Gasteiger partial charge in [-0.25, -0.2) is 13.4 Å². The van der Waals surface area contributed by atoms with Crippen LogP contribution in [-0.4, -0.2) is 30.8 Å². The van der Waals surface area contributed by atoms with Crippen molar-refractivity contribution in [2.24, 2.45) is 0 Å². The maximum atomic E-state index is 13.2. The van der Waals surface area contributed by atoms with Crippen molar-refractivity contribution in [3.05, 3.63) is 64.0 Å². The molecule has 0 unspecified atom stereocenters. The fourth-order valence-electron chi connectivity index (χ4n) is 3.22. The van der Waals surface area contributed by atoms with E-state index in [1.807, 2.05) is 43.5 Å². The molecule has 0 saturated heterocycles. The van der Waals surface area contributed by atoms with Crippen LogP contribution in [0.15, 0.2) is 52.7 Å². The summed E-state index contributed by atoms with van der Waals surface area (Å²) in [6.07, 6.45) is 2.76. The number of thiophene rings is 1. The van der Waals surface area contributed by atoms with E-state index in [4.69, 9.17) is 0 Å². The van der Waals surface area contributed by atoms with Gasteiger partial charge in [0.15, 0.2) is 0 Å². The molecule has 0 radical (unpaired) electrons. The second-order valence-electron chi connectivity index (χ2n) is 6.53. The summed E-state index contributed by atoms with van der Waals surface area (Å²) >= 11 is 3.05. The Morgan fingerprint density at radius 1 is 1.15 bits per heavy atom. The third kappa shape index (κ3) is 3.65. The van der Waals surface area contributed by atoms with Gasteiger partial charge in [-0.1, -0.05) is 36.4 Å². The second kappa shape index (κ2) is 7.31. The Labute approximate surface area is 167 Å². The largest absolute Gasteiger partial charge is 0.244 e. The summed E-state index contributed by atoms with van der Waals surface area (Å²) in [6, 6.07) is 11.9. The van der Waals surface area contributed by atoms with Crippen LogP contribution >= 0.6 is 22.7 Å². The summed E-state index contributed by atoms with van der Waals surface area (Å²) in [5.74, 6) is 0. The zero-order chi connectivity index (χ0) is 19.0. The Balaban J connectivity index is 1.59. The van der Waals surface area contributed by atoms with Crippen LogP contribution in [0.3, 0.4) is 0 Å². The summed E-state index contributed by atoms with van der Waals surface area (Å²) in [6.45, 7) is 4.73. The van der Waals surface area contributed by atoms with Crippen molar-refractivity contribution in [3.63, 3.8) is 0 Å². The Hall–Kier alpha value is -1.80. The number of sulfonamides is 1. The number of thiazole rings is 1. The molecule has 1 aliphatic heterocycles. The van der Waals surface area contributed by atoms with Crippen molar-refractivity contribution in [1.82, 2.24) is 9.29 Å². The molecule has 0 saturated carbocycles. The predicted molar refractivity (Wildman–Crippen MR) is 113 cm³/mol. The minimum atomic E-state index is -3.50. The van der Waals surface area contributed by atoms with Gasteiger partial charge in [0, 0.05) is 29.0 Å². The van der Waals surface area contributed by atoms with Crippen molar-refractivity contribution in [2.45, 2.75) is 25.2 Å². The molecular weight excluding hydrogens is 396 g/mol. The Morgan fingerprint density at radius 3 is 2.56 bits per heavy atom. The summed E-state index contributed by atoms with van der Waals surface area (Å²) in [5.41, 5.74) is 3.34. The molecule has 3 aromatic rings. The molecule has 4 nitrogen and oxygen atoms in total. The van der Waals surface area contributed by atoms with E-state index in [2.05, 4.69) is 17.1 Å². The third-order valence-electron chi connectivity index (χ3n) is 4.64. The van der Waals surface area contributed by atoms with Gasteiger partial charge >= 0.3 is 0 Å². The van der Waals surface area contributed by atoms with Crippen molar-refractivity contribution in [2.75, 3.05) is 13.1 Å². The van der Waals surface area contributed by atoms with Gasteiger partial charge < -0.3 is 0 Å². The number of hydrogen-bond donors (Lipinski definition) is 0. The number of aromatic nitrogens is 1. The summed E-state index contributed by atoms with van der Waals surface area (Å²) < 4.78 is 27.9. The second-order valence-corrected chi connectivity index (χ2v) is 10.6. The van der Waals surface area contributed by atoms with E-state index in [9.17, 15) is 8.42 Å². The van der Waals surface area contributed by atoms with E-state index in [1.54, 1.807) is 21.7 Å². The zero-order valence-corrected chi connectivity index (χ0v) is 17.6. The quantitative estimate of drug-likeness (QED) is 0.604. The van der Waals surface area contributed by atoms with Crippen LogP contribution in [0.4, 0.5) is 0 Å². The minimum Gasteiger partial charge on any atom is -0.241 e. The van der Waals surface area contributed by atoms with E-state index in [1.165, 1.54) is 22.5 Å². The van der Waals surface area contributed by atoms with Gasteiger partial charge in [0.2, 0.25) is 10.0 Å². The first kappa shape index (κ1) is 18.6. The highest BCUT2D eigenvalue weighted by atomic mass is 32.2. The first-order valence-electron chi connectivity index (χ1n) is 8.72. The van der Waals surface area contributed by atoms with E-state index in [0.717, 1.165) is 26.9 Å². The van der Waals surface area contributed by atoms with Crippen molar-refractivity contribution in [1.29, 1.82) is 0 Å². The van der Waals surface area contributed by atoms with Crippen LogP contribution < -0.4 is 0 Å². The normalized spacial score (nSPS) is 15.7. The highest BCUT2D eigenvalue weighted by Crippen LogP contribution is 2.37. The molecule has 2 aromatic heterocycles. The maximum Gasteiger partial charge on any atom is 0.244 e. The Kier molecular flexibility index (Phi) is 5.03. The van der Waals surface area contributed by atoms with Crippen molar-refractivity contribution in [3.8, 4) is 9.88 Å². The molecule has 0 aliphatic carbocycles. The molecule has 140 valence electrons. The third-order valence-corrected chi connectivity index (χ3v) is 8.94. The standard InChI is InChI=1S/C20H20N2O2S3/c1-14-13-25-20(21-14)18-12-19(15(2)26-18)27(23,24)22-10-8-17(9-11-22)16-6-4-3-5-7-16/h3-8,12-13H,9-11H2,1-2H3. The number of benzene rings is 1. The SMILES string of the molecule is Cc1csc(-c2cc(S(=O)(=O)N3CC=C(c4ccccc4)CC3)c(C)s2)n1. The van der Waals surface area contributed by atoms with Crippen LogP contribution in [0, 0.1) is 13.8 Å². The molecule has 1 aliphatic rings. The average Bonchev–Trinajstić information content (AvgIpc) is 3.28. The molecule has 3 heterocycles. The van der Waals surface area contributed by atoms with E-state index in [-0.39, 0.29) is 0 Å². The van der Waals surface area contributed by atoms with Crippen LogP contribution in [0.2, 0.25) is 0 Å². The fraction of sp³-hybridized carbons (Fsp3) is 0.250. The molecule has 1 aromatic carbocycles. The van der Waals surface area contributed by atoms with Gasteiger partial charge in [0.05, 0.1) is 9.77 Å². The smallest absolute Gasteiger partial charge is 0.241 e. The van der Waals surface area contributed by atoms with Gasteiger partial charge in [-0.05, 0) is 37.5 Å². The molecule has 27 heavy (non-hydrogen) atoms. The maximum absolute atomic E-state index is 13.2. The van der Waals surface area contributed by atoms with Crippen LogP contribution in [-0.2, 0) is 10.0 Å². The molecule has 4 rings (SSSR count). The molecule has 0 N–H and O–H groups in total. The number of rotatable bonds is 4. The average molecular weight is 417 g/mol. The highest BCUT2D eigenvalue weighted by molar-refractivity contribution is 7.89. The number of aryl methyl sites for hydroxylation is 2. The molecule has 0 amide bonds. The van der Waals surface area contributed by atoms with E-state index in [0.29, 0.717) is 18.0 Å². The summed E-state index contributed by atoms with van der Waals surface area (Å²) in [5, 5.41) is 2.87. The highest BCUT2D eigenvalue weighted by Gasteiger charge is 2.29. The lowest BCUT2D eigenvalue weighted by Crippen LogP contribution is -2.34. The number of hydrogen-bond acceptors (Lipinski definition) is 5. The van der Waals surface area contributed by atoms with Gasteiger partial charge in [0.1, 0.15) is 5.01 Å². The summed E-state index contributed by atoms with van der Waals surface area (Å²) in [4.78, 5) is 6.63. The monoisotopic (exact) mass is 416 g/mol. The zero-order valence-electron chi connectivity index (χ0n) is 15.2. The molecule has 0 fully saturated rings. The van der Waals surface area contributed by atoms with Crippen molar-refractivity contribution >= 4 is 38.3 Å². The lowest BCUT2D eigenvalue weighted by molar-refractivity contribution is 0.441. The van der Waals surface area contributed by atoms with Crippen molar-refractivity contribution < 1.29 is 8.42 Å². The van der Waals surface area contributed by atoms with E-state index < -0.39 is 10.0 Å². The first-order valence-corrected chi connectivity index (χ1v) is 11.9. The lowest BCUT2D eigenvalue weighted by atomic mass is 10.0. The summed E-state index contributed by atoms with van der Waals surface area (Å²) in [7, 11) is -3.50. The van der Waals surface area contributed by atoms with Gasteiger partial charge in [-0.15, -0.1) is 22.7 Å². The lowest BCUT2D eigenvalue weighted by Gasteiger charge is -2.26. The Morgan fingerprint density at radius 2 is 1.93 bits per heavy atom. The predicted octanol–water partition coefficient (Wildman–Crippen LogP) is 4.97. The Bertz CT molecular complexity index is 1100. The first-order chi connectivity index (χ1) is 12.9. The van der Waals surface area contributed by atoms with Crippen LogP contribution in [0.5, 0.6) is 0 Å². The molecule has 0 spiro atoms. The van der Waals surface area contributed by atoms with Gasteiger partial charge in [-0.3, -0.25) is 0 Å². The van der Waals surface area contributed by atoms with Crippen LogP contribution in [0.1, 0.15) is 22.6 Å². The number of nitrogens with zero attached hydrogens (tertiary/aromatic N) is 2. The molecule has 0 bridgehead atoms. The van der Waals surface area contributed by atoms with Crippen LogP contribution in [0.25, 0.3) is 15.5 Å².